The Bertz CT molecular complexity index is 326. The van der Waals surface area contributed by atoms with Crippen LogP contribution in [0.1, 0.15) is 53.9 Å². The van der Waals surface area contributed by atoms with Gasteiger partial charge in [0.05, 0.1) is 0 Å². The highest BCUT2D eigenvalue weighted by Gasteiger charge is 2.37. The van der Waals surface area contributed by atoms with Crippen molar-refractivity contribution in [2.45, 2.75) is 71.2 Å². The molecular weight excluding hydrogens is 276 g/mol. The fourth-order valence-electron chi connectivity index (χ4n) is 4.19. The van der Waals surface area contributed by atoms with Gasteiger partial charge in [-0.15, -0.1) is 0 Å². The van der Waals surface area contributed by atoms with Crippen LogP contribution in [0.2, 0.25) is 0 Å². The average molecular weight is 313 g/mol. The summed E-state index contributed by atoms with van der Waals surface area (Å²) < 4.78 is 0. The van der Waals surface area contributed by atoms with Gasteiger partial charge >= 0.3 is 0 Å². The molecular formula is C18H36N2S. The third kappa shape index (κ3) is 4.39. The quantitative estimate of drug-likeness (QED) is 0.852. The van der Waals surface area contributed by atoms with E-state index in [1.165, 1.54) is 38.1 Å². The number of hydrogen-bond donors (Lipinski definition) is 1. The molecule has 1 heterocycles. The number of rotatable bonds is 3. The van der Waals surface area contributed by atoms with E-state index < -0.39 is 0 Å². The molecule has 1 N–H and O–H groups in total. The summed E-state index contributed by atoms with van der Waals surface area (Å²) in [6.07, 6.45) is 4.16. The van der Waals surface area contributed by atoms with Gasteiger partial charge < -0.3 is 5.32 Å². The predicted octanol–water partition coefficient (Wildman–Crippen LogP) is 3.86. The maximum Gasteiger partial charge on any atom is 0.0184 e. The van der Waals surface area contributed by atoms with Crippen LogP contribution in [0.3, 0.4) is 0 Å². The molecule has 0 amide bonds. The van der Waals surface area contributed by atoms with Gasteiger partial charge in [0.15, 0.2) is 0 Å². The zero-order valence-electron chi connectivity index (χ0n) is 15.0. The number of nitrogens with zero attached hydrogens (tertiary/aromatic N) is 1. The second-order valence-corrected chi connectivity index (χ2v) is 9.83. The lowest BCUT2D eigenvalue weighted by Crippen LogP contribution is -2.51. The van der Waals surface area contributed by atoms with Gasteiger partial charge in [0.1, 0.15) is 0 Å². The summed E-state index contributed by atoms with van der Waals surface area (Å²) in [5.41, 5.74) is 0.466. The average Bonchev–Trinajstić information content (AvgIpc) is 2.43. The van der Waals surface area contributed by atoms with Crippen LogP contribution in [0.4, 0.5) is 0 Å². The molecule has 1 aliphatic carbocycles. The highest BCUT2D eigenvalue weighted by atomic mass is 32.2. The molecule has 2 rings (SSSR count). The van der Waals surface area contributed by atoms with Crippen molar-refractivity contribution in [1.82, 2.24) is 10.2 Å². The molecule has 0 aromatic carbocycles. The van der Waals surface area contributed by atoms with Crippen LogP contribution in [0.5, 0.6) is 0 Å². The third-order valence-electron chi connectivity index (χ3n) is 6.06. The molecule has 2 aliphatic rings. The molecule has 5 atom stereocenters. The topological polar surface area (TPSA) is 15.3 Å². The molecule has 0 aromatic heterocycles. The van der Waals surface area contributed by atoms with Gasteiger partial charge in [0.25, 0.3) is 0 Å². The van der Waals surface area contributed by atoms with E-state index in [9.17, 15) is 0 Å². The monoisotopic (exact) mass is 312 g/mol. The summed E-state index contributed by atoms with van der Waals surface area (Å²) in [6, 6.07) is 1.46. The Hall–Kier alpha value is 0.270. The molecule has 3 heteroatoms. The Labute approximate surface area is 136 Å². The first-order chi connectivity index (χ1) is 9.82. The summed E-state index contributed by atoms with van der Waals surface area (Å²) in [5, 5.41) is 4.40. The van der Waals surface area contributed by atoms with Crippen LogP contribution in [-0.4, -0.2) is 48.1 Å². The van der Waals surface area contributed by atoms with E-state index in [0.717, 1.165) is 29.2 Å². The van der Waals surface area contributed by atoms with Crippen LogP contribution in [0.25, 0.3) is 0 Å². The zero-order chi connectivity index (χ0) is 15.6. The van der Waals surface area contributed by atoms with Crippen LogP contribution >= 0.6 is 11.8 Å². The Morgan fingerprint density at radius 1 is 1.19 bits per heavy atom. The normalized spacial score (nSPS) is 39.4. The Balaban J connectivity index is 2.00. The summed E-state index contributed by atoms with van der Waals surface area (Å²) in [5.74, 6) is 3.02. The summed E-state index contributed by atoms with van der Waals surface area (Å²) >= 11 is 2.15. The molecule has 21 heavy (non-hydrogen) atoms. The van der Waals surface area contributed by atoms with Crippen LogP contribution in [-0.2, 0) is 0 Å². The molecule has 5 unspecified atom stereocenters. The first-order valence-corrected chi connectivity index (χ1v) is 9.90. The molecule has 2 fully saturated rings. The van der Waals surface area contributed by atoms with Gasteiger partial charge in [-0.3, -0.25) is 4.90 Å². The van der Waals surface area contributed by atoms with Crippen molar-refractivity contribution in [2.75, 3.05) is 25.9 Å². The largest absolute Gasteiger partial charge is 0.317 e. The smallest absolute Gasteiger partial charge is 0.0184 e. The SMILES string of the molecule is CNC1CCC(C(C)(C)C)CC1CN1CCSC(C)C1C. The van der Waals surface area contributed by atoms with Gasteiger partial charge in [-0.1, -0.05) is 27.7 Å². The third-order valence-corrected chi connectivity index (χ3v) is 7.40. The van der Waals surface area contributed by atoms with E-state index in [0.29, 0.717) is 5.41 Å². The lowest BCUT2D eigenvalue weighted by molar-refractivity contribution is 0.0787. The van der Waals surface area contributed by atoms with E-state index in [2.05, 4.69) is 63.6 Å². The van der Waals surface area contributed by atoms with E-state index in [1.54, 1.807) is 0 Å². The van der Waals surface area contributed by atoms with Crippen molar-refractivity contribution < 1.29 is 0 Å². The van der Waals surface area contributed by atoms with Gasteiger partial charge in [0, 0.05) is 36.2 Å². The van der Waals surface area contributed by atoms with Crippen molar-refractivity contribution >= 4 is 11.8 Å². The summed E-state index contributed by atoms with van der Waals surface area (Å²) in [6.45, 7) is 14.7. The van der Waals surface area contributed by atoms with Crippen molar-refractivity contribution in [3.05, 3.63) is 0 Å². The van der Waals surface area contributed by atoms with Crippen molar-refractivity contribution in [2.24, 2.45) is 17.3 Å². The lowest BCUT2D eigenvalue weighted by atomic mass is 9.67. The van der Waals surface area contributed by atoms with Crippen molar-refractivity contribution in [3.63, 3.8) is 0 Å². The summed E-state index contributed by atoms with van der Waals surface area (Å²) in [4.78, 5) is 2.77. The minimum atomic E-state index is 0.466. The fraction of sp³-hybridized carbons (Fsp3) is 1.00. The van der Waals surface area contributed by atoms with Gasteiger partial charge in [-0.05, 0) is 50.5 Å². The Morgan fingerprint density at radius 3 is 2.52 bits per heavy atom. The molecule has 1 saturated heterocycles. The molecule has 124 valence electrons. The van der Waals surface area contributed by atoms with E-state index in [-0.39, 0.29) is 0 Å². The molecule has 0 aromatic rings. The maximum atomic E-state index is 3.61. The molecule has 0 spiro atoms. The second kappa shape index (κ2) is 7.23. The van der Waals surface area contributed by atoms with Crippen LogP contribution < -0.4 is 5.32 Å². The van der Waals surface area contributed by atoms with Crippen LogP contribution in [0.15, 0.2) is 0 Å². The molecule has 1 saturated carbocycles. The molecule has 0 bridgehead atoms. The molecule has 0 radical (unpaired) electrons. The van der Waals surface area contributed by atoms with E-state index >= 15 is 0 Å². The van der Waals surface area contributed by atoms with Gasteiger partial charge in [-0.2, -0.15) is 11.8 Å². The predicted molar refractivity (Wildman–Crippen MR) is 96.1 cm³/mol. The van der Waals surface area contributed by atoms with E-state index in [4.69, 9.17) is 0 Å². The molecule has 2 nitrogen and oxygen atoms in total. The van der Waals surface area contributed by atoms with Gasteiger partial charge in [0.2, 0.25) is 0 Å². The number of thioether (sulfide) groups is 1. The highest BCUT2D eigenvalue weighted by Crippen LogP contribution is 2.41. The minimum Gasteiger partial charge on any atom is -0.317 e. The first-order valence-electron chi connectivity index (χ1n) is 8.85. The minimum absolute atomic E-state index is 0.466. The van der Waals surface area contributed by atoms with E-state index in [1.807, 2.05) is 0 Å². The second-order valence-electron chi connectivity index (χ2n) is 8.34. The number of hydrogen-bond acceptors (Lipinski definition) is 3. The highest BCUT2D eigenvalue weighted by molar-refractivity contribution is 8.00. The summed E-state index contributed by atoms with van der Waals surface area (Å²) in [7, 11) is 2.16. The Morgan fingerprint density at radius 2 is 1.90 bits per heavy atom. The zero-order valence-corrected chi connectivity index (χ0v) is 15.8. The van der Waals surface area contributed by atoms with Crippen molar-refractivity contribution in [3.8, 4) is 0 Å². The molecule has 1 aliphatic heterocycles. The first kappa shape index (κ1) is 17.6. The van der Waals surface area contributed by atoms with Crippen LogP contribution in [0, 0.1) is 17.3 Å². The lowest BCUT2D eigenvalue weighted by Gasteiger charge is -2.46. The van der Waals surface area contributed by atoms with Crippen molar-refractivity contribution in [1.29, 1.82) is 0 Å². The number of nitrogens with one attached hydrogen (secondary N) is 1. The Kier molecular flexibility index (Phi) is 6.07. The maximum absolute atomic E-state index is 3.61. The fourth-order valence-corrected chi connectivity index (χ4v) is 5.35. The standard InChI is InChI=1S/C18H36N2S/c1-13-14(2)21-10-9-20(13)12-15-11-16(18(3,4)5)7-8-17(15)19-6/h13-17,19H,7-12H2,1-6H3. The van der Waals surface area contributed by atoms with Gasteiger partial charge in [-0.25, -0.2) is 0 Å².